The third-order valence-corrected chi connectivity index (χ3v) is 4.46. The summed E-state index contributed by atoms with van der Waals surface area (Å²) in [5, 5.41) is 0. The highest BCUT2D eigenvalue weighted by molar-refractivity contribution is 6.62. The second-order valence-corrected chi connectivity index (χ2v) is 6.62. The number of hydrogen-bond acceptors (Lipinski definition) is 5. The maximum absolute atomic E-state index is 6.00. The Morgan fingerprint density at radius 1 is 1.19 bits per heavy atom. The fourth-order valence-corrected chi connectivity index (χ4v) is 2.36. The Labute approximate surface area is 126 Å². The van der Waals surface area contributed by atoms with Gasteiger partial charge in [0.2, 0.25) is 5.88 Å². The Hall–Kier alpha value is -1.11. The zero-order chi connectivity index (χ0) is 15.1. The molecule has 2 saturated heterocycles. The summed E-state index contributed by atoms with van der Waals surface area (Å²) in [6, 6.07) is 3.80. The molecule has 0 N–H and O–H groups in total. The van der Waals surface area contributed by atoms with Gasteiger partial charge in [-0.05, 0) is 33.8 Å². The van der Waals surface area contributed by atoms with Gasteiger partial charge in [0.1, 0.15) is 6.10 Å². The predicted octanol–water partition coefficient (Wildman–Crippen LogP) is 1.55. The molecule has 0 spiro atoms. The van der Waals surface area contributed by atoms with Crippen LogP contribution in [0.25, 0.3) is 0 Å². The van der Waals surface area contributed by atoms with Crippen LogP contribution in [-0.4, -0.2) is 42.6 Å². The van der Waals surface area contributed by atoms with Gasteiger partial charge in [0.15, 0.2) is 0 Å². The molecule has 3 rings (SSSR count). The largest absolute Gasteiger partial charge is 0.496 e. The van der Waals surface area contributed by atoms with Crippen LogP contribution in [-0.2, 0) is 14.0 Å². The quantitative estimate of drug-likeness (QED) is 0.791. The van der Waals surface area contributed by atoms with Crippen molar-refractivity contribution in [2.24, 2.45) is 0 Å². The van der Waals surface area contributed by atoms with Crippen LogP contribution in [0.2, 0.25) is 0 Å². The molecule has 1 aromatic rings. The molecular formula is C15H22BNO4. The minimum absolute atomic E-state index is 0.111. The zero-order valence-corrected chi connectivity index (χ0v) is 13.1. The van der Waals surface area contributed by atoms with Crippen molar-refractivity contribution in [3.8, 4) is 5.88 Å². The molecule has 114 valence electrons. The molecule has 2 aliphatic heterocycles. The van der Waals surface area contributed by atoms with E-state index in [2.05, 4.69) is 4.98 Å². The van der Waals surface area contributed by atoms with Gasteiger partial charge >= 0.3 is 7.12 Å². The van der Waals surface area contributed by atoms with Gasteiger partial charge in [-0.25, -0.2) is 4.98 Å². The molecule has 5 nitrogen and oxygen atoms in total. The second-order valence-electron chi connectivity index (χ2n) is 6.62. The minimum atomic E-state index is -0.383. The summed E-state index contributed by atoms with van der Waals surface area (Å²) in [6.07, 6.45) is 2.79. The smallest absolute Gasteiger partial charge is 0.472 e. The molecule has 2 fully saturated rings. The average molecular weight is 291 g/mol. The first-order chi connectivity index (χ1) is 9.87. The zero-order valence-electron chi connectivity index (χ0n) is 13.1. The summed E-state index contributed by atoms with van der Waals surface area (Å²) < 4.78 is 23.0. The molecule has 1 aromatic heterocycles. The molecular weight excluding hydrogens is 269 g/mol. The number of pyridine rings is 1. The molecule has 21 heavy (non-hydrogen) atoms. The number of rotatable bonds is 3. The van der Waals surface area contributed by atoms with Crippen molar-refractivity contribution < 1.29 is 18.8 Å². The van der Waals surface area contributed by atoms with Crippen molar-refractivity contribution >= 4 is 12.6 Å². The highest BCUT2D eigenvalue weighted by atomic mass is 16.7. The van der Waals surface area contributed by atoms with Crippen LogP contribution in [0.15, 0.2) is 18.3 Å². The van der Waals surface area contributed by atoms with Crippen molar-refractivity contribution in [3.63, 3.8) is 0 Å². The van der Waals surface area contributed by atoms with E-state index in [0.29, 0.717) is 12.5 Å². The highest BCUT2D eigenvalue weighted by Gasteiger charge is 2.51. The van der Waals surface area contributed by atoms with E-state index in [0.717, 1.165) is 18.5 Å². The molecule has 6 heteroatoms. The van der Waals surface area contributed by atoms with Crippen molar-refractivity contribution in [3.05, 3.63) is 18.3 Å². The van der Waals surface area contributed by atoms with Gasteiger partial charge < -0.3 is 18.8 Å². The summed E-state index contributed by atoms with van der Waals surface area (Å²) in [5.74, 6) is 0.616. The lowest BCUT2D eigenvalue weighted by Gasteiger charge is -2.32. The second kappa shape index (κ2) is 5.27. The molecule has 1 atom stereocenters. The molecule has 0 bridgehead atoms. The summed E-state index contributed by atoms with van der Waals surface area (Å²) >= 11 is 0. The van der Waals surface area contributed by atoms with Gasteiger partial charge in [0.25, 0.3) is 0 Å². The van der Waals surface area contributed by atoms with Crippen LogP contribution in [0.5, 0.6) is 5.88 Å². The normalized spacial score (nSPS) is 27.0. The summed E-state index contributed by atoms with van der Waals surface area (Å²) in [7, 11) is -0.383. The van der Waals surface area contributed by atoms with E-state index >= 15 is 0 Å². The van der Waals surface area contributed by atoms with Crippen molar-refractivity contribution in [1.29, 1.82) is 0 Å². The van der Waals surface area contributed by atoms with Crippen LogP contribution in [0.1, 0.15) is 34.1 Å². The van der Waals surface area contributed by atoms with E-state index in [9.17, 15) is 0 Å². The van der Waals surface area contributed by atoms with Gasteiger partial charge in [-0.1, -0.05) is 6.07 Å². The van der Waals surface area contributed by atoms with Crippen LogP contribution in [0.3, 0.4) is 0 Å². The molecule has 0 radical (unpaired) electrons. The maximum Gasteiger partial charge on any atom is 0.496 e. The third kappa shape index (κ3) is 2.93. The van der Waals surface area contributed by atoms with E-state index in [1.54, 1.807) is 6.20 Å². The summed E-state index contributed by atoms with van der Waals surface area (Å²) in [6.45, 7) is 9.56. The molecule has 0 aliphatic carbocycles. The Kier molecular flexibility index (Phi) is 3.72. The van der Waals surface area contributed by atoms with Crippen molar-refractivity contribution in [1.82, 2.24) is 4.98 Å². The lowest BCUT2D eigenvalue weighted by molar-refractivity contribution is 0.00578. The molecule has 0 unspecified atom stereocenters. The van der Waals surface area contributed by atoms with E-state index in [-0.39, 0.29) is 24.4 Å². The number of aromatic nitrogens is 1. The number of ether oxygens (including phenoxy) is 2. The Morgan fingerprint density at radius 3 is 2.43 bits per heavy atom. The predicted molar refractivity (Wildman–Crippen MR) is 79.8 cm³/mol. The van der Waals surface area contributed by atoms with Gasteiger partial charge in [-0.3, -0.25) is 0 Å². The van der Waals surface area contributed by atoms with Crippen LogP contribution >= 0.6 is 0 Å². The Bertz CT molecular complexity index is 481. The van der Waals surface area contributed by atoms with Crippen LogP contribution in [0, 0.1) is 0 Å². The first kappa shape index (κ1) is 14.8. The Balaban J connectivity index is 1.67. The standard InChI is InChI=1S/C15H22BNO4/c1-14(2)15(3,4)21-16(20-14)11-5-6-13(17-9-11)19-12-7-8-18-10-12/h5-6,9,12H,7-8,10H2,1-4H3/t12-/m1/s1. The average Bonchev–Trinajstić information content (AvgIpc) is 2.97. The third-order valence-electron chi connectivity index (χ3n) is 4.46. The van der Waals surface area contributed by atoms with E-state index in [1.807, 2.05) is 39.8 Å². The monoisotopic (exact) mass is 291 g/mol. The first-order valence-corrected chi connectivity index (χ1v) is 7.43. The topological polar surface area (TPSA) is 49.8 Å². The fraction of sp³-hybridized carbons (Fsp3) is 0.667. The molecule has 0 saturated carbocycles. The number of nitrogens with zero attached hydrogens (tertiary/aromatic N) is 1. The highest BCUT2D eigenvalue weighted by Crippen LogP contribution is 2.36. The molecule has 0 amide bonds. The minimum Gasteiger partial charge on any atom is -0.472 e. The van der Waals surface area contributed by atoms with Gasteiger partial charge in [0, 0.05) is 18.1 Å². The SMILES string of the molecule is CC1(C)OB(c2ccc(O[C@@H]3CCOC3)nc2)OC1(C)C. The lowest BCUT2D eigenvalue weighted by atomic mass is 9.80. The molecule has 3 heterocycles. The fourth-order valence-electron chi connectivity index (χ4n) is 2.36. The van der Waals surface area contributed by atoms with Gasteiger partial charge in [-0.2, -0.15) is 0 Å². The van der Waals surface area contributed by atoms with Crippen molar-refractivity contribution in [2.45, 2.75) is 51.4 Å². The summed E-state index contributed by atoms with van der Waals surface area (Å²) in [4.78, 5) is 4.34. The van der Waals surface area contributed by atoms with Gasteiger partial charge in [0.05, 0.1) is 24.4 Å². The number of hydrogen-bond donors (Lipinski definition) is 0. The maximum atomic E-state index is 6.00. The van der Waals surface area contributed by atoms with Crippen molar-refractivity contribution in [2.75, 3.05) is 13.2 Å². The van der Waals surface area contributed by atoms with E-state index < -0.39 is 0 Å². The van der Waals surface area contributed by atoms with E-state index in [1.165, 1.54) is 0 Å². The Morgan fingerprint density at radius 2 is 1.90 bits per heavy atom. The first-order valence-electron chi connectivity index (χ1n) is 7.43. The van der Waals surface area contributed by atoms with E-state index in [4.69, 9.17) is 18.8 Å². The molecule has 2 aliphatic rings. The summed E-state index contributed by atoms with van der Waals surface area (Å²) in [5.41, 5.74) is 0.228. The molecule has 0 aromatic carbocycles. The van der Waals surface area contributed by atoms with Gasteiger partial charge in [-0.15, -0.1) is 0 Å². The van der Waals surface area contributed by atoms with Crippen LogP contribution < -0.4 is 10.2 Å². The lowest BCUT2D eigenvalue weighted by Crippen LogP contribution is -2.41. The van der Waals surface area contributed by atoms with Crippen LogP contribution in [0.4, 0.5) is 0 Å².